The zero-order valence-electron chi connectivity index (χ0n) is 12.2. The highest BCUT2D eigenvalue weighted by molar-refractivity contribution is 6.11. The molecule has 1 N–H and O–H groups in total. The quantitative estimate of drug-likeness (QED) is 0.525. The van der Waals surface area contributed by atoms with Gasteiger partial charge in [-0.05, 0) is 49.4 Å². The number of aryl methyl sites for hydroxylation is 1. The predicted octanol–water partition coefficient (Wildman–Crippen LogP) is 3.81. The van der Waals surface area contributed by atoms with Crippen LogP contribution in [-0.2, 0) is 12.8 Å². The van der Waals surface area contributed by atoms with Gasteiger partial charge >= 0.3 is 0 Å². The Kier molecular flexibility index (Phi) is 2.31. The number of nitrogens with zero attached hydrogens (tertiary/aromatic N) is 1. The highest BCUT2D eigenvalue weighted by Gasteiger charge is 2.17. The van der Waals surface area contributed by atoms with Gasteiger partial charge in [-0.25, -0.2) is 0 Å². The van der Waals surface area contributed by atoms with Gasteiger partial charge in [-0.2, -0.15) is 0 Å². The molecular weight excluding hydrogens is 272 g/mol. The monoisotopic (exact) mass is 288 g/mol. The largest absolute Gasteiger partial charge is 0.353 e. The maximum absolute atomic E-state index is 12.8. The number of para-hydroxylation sites is 1. The third kappa shape index (κ3) is 1.48. The topological polar surface area (TPSA) is 37.3 Å². The first-order valence-electron chi connectivity index (χ1n) is 7.89. The number of aromatic amines is 1. The Morgan fingerprint density at radius 2 is 1.86 bits per heavy atom. The normalized spacial score (nSPS) is 14.7. The molecule has 3 aromatic heterocycles. The van der Waals surface area contributed by atoms with E-state index >= 15 is 0 Å². The van der Waals surface area contributed by atoms with Crippen LogP contribution in [0.3, 0.4) is 0 Å². The number of fused-ring (bicyclic) bond motifs is 6. The lowest BCUT2D eigenvalue weighted by atomic mass is 9.92. The summed E-state index contributed by atoms with van der Waals surface area (Å²) in [5.74, 6) is 0. The van der Waals surface area contributed by atoms with E-state index in [1.165, 1.54) is 22.8 Å². The standard InChI is InChI=1S/C19H16N2O/c22-19-13-6-2-1-5-12(13)11-17-18-15(9-10-21(17)19)14-7-3-4-8-16(14)20-18/h3-4,7-11,20H,1-2,5-6H2. The van der Waals surface area contributed by atoms with E-state index in [-0.39, 0.29) is 5.56 Å². The molecule has 4 aromatic rings. The summed E-state index contributed by atoms with van der Waals surface area (Å²) < 4.78 is 1.81. The maximum Gasteiger partial charge on any atom is 0.258 e. The van der Waals surface area contributed by atoms with Crippen molar-refractivity contribution in [2.24, 2.45) is 0 Å². The van der Waals surface area contributed by atoms with Crippen LogP contribution in [0, 0.1) is 0 Å². The number of nitrogens with one attached hydrogen (secondary N) is 1. The van der Waals surface area contributed by atoms with Crippen molar-refractivity contribution in [3.05, 3.63) is 64.1 Å². The average molecular weight is 288 g/mol. The lowest BCUT2D eigenvalue weighted by Crippen LogP contribution is -2.22. The minimum Gasteiger partial charge on any atom is -0.353 e. The lowest BCUT2D eigenvalue weighted by molar-refractivity contribution is 0.675. The number of rotatable bonds is 0. The number of H-pyrrole nitrogens is 1. The first-order valence-corrected chi connectivity index (χ1v) is 7.89. The minimum atomic E-state index is 0.160. The molecule has 5 rings (SSSR count). The molecule has 0 unspecified atom stereocenters. The van der Waals surface area contributed by atoms with E-state index in [4.69, 9.17) is 0 Å². The van der Waals surface area contributed by atoms with Crippen LogP contribution in [0.2, 0.25) is 0 Å². The SMILES string of the molecule is O=c1c2c(cc3c4[nH]c5ccccc5c4ccn13)CCCC2. The fraction of sp³-hybridized carbons (Fsp3) is 0.211. The molecule has 22 heavy (non-hydrogen) atoms. The van der Waals surface area contributed by atoms with Gasteiger partial charge in [0.25, 0.3) is 5.56 Å². The van der Waals surface area contributed by atoms with Gasteiger partial charge in [-0.3, -0.25) is 9.20 Å². The van der Waals surface area contributed by atoms with Crippen LogP contribution in [0.1, 0.15) is 24.0 Å². The number of hydrogen-bond donors (Lipinski definition) is 1. The fourth-order valence-electron chi connectivity index (χ4n) is 3.85. The molecule has 0 radical (unpaired) electrons. The molecule has 0 aliphatic heterocycles. The molecular formula is C19H16N2O. The third-order valence-corrected chi connectivity index (χ3v) is 4.95. The molecule has 0 fully saturated rings. The molecule has 3 nitrogen and oxygen atoms in total. The molecule has 3 heterocycles. The number of pyridine rings is 2. The van der Waals surface area contributed by atoms with Gasteiger partial charge < -0.3 is 4.98 Å². The van der Waals surface area contributed by atoms with E-state index in [1.807, 2.05) is 16.7 Å². The van der Waals surface area contributed by atoms with Crippen molar-refractivity contribution in [1.29, 1.82) is 0 Å². The summed E-state index contributed by atoms with van der Waals surface area (Å²) in [6.07, 6.45) is 6.18. The van der Waals surface area contributed by atoms with Gasteiger partial charge in [0.2, 0.25) is 0 Å². The van der Waals surface area contributed by atoms with Gasteiger partial charge in [0.05, 0.1) is 11.0 Å². The smallest absolute Gasteiger partial charge is 0.258 e. The molecule has 0 saturated heterocycles. The summed E-state index contributed by atoms with van der Waals surface area (Å²) in [6.45, 7) is 0. The van der Waals surface area contributed by atoms with Crippen molar-refractivity contribution >= 4 is 27.3 Å². The van der Waals surface area contributed by atoms with Crippen LogP contribution in [-0.4, -0.2) is 9.38 Å². The third-order valence-electron chi connectivity index (χ3n) is 4.95. The van der Waals surface area contributed by atoms with Gasteiger partial charge in [-0.1, -0.05) is 18.2 Å². The second-order valence-electron chi connectivity index (χ2n) is 6.19. The number of aromatic nitrogens is 2. The van der Waals surface area contributed by atoms with Gasteiger partial charge in [0.15, 0.2) is 0 Å². The van der Waals surface area contributed by atoms with E-state index in [9.17, 15) is 4.79 Å². The molecule has 3 heteroatoms. The van der Waals surface area contributed by atoms with Crippen molar-refractivity contribution in [3.8, 4) is 0 Å². The Bertz CT molecular complexity index is 1100. The van der Waals surface area contributed by atoms with Crippen LogP contribution in [0.15, 0.2) is 47.4 Å². The summed E-state index contributed by atoms with van der Waals surface area (Å²) in [7, 11) is 0. The Morgan fingerprint density at radius 1 is 1.00 bits per heavy atom. The van der Waals surface area contributed by atoms with Gasteiger partial charge in [-0.15, -0.1) is 0 Å². The lowest BCUT2D eigenvalue weighted by Gasteiger charge is -2.16. The molecule has 0 saturated carbocycles. The Labute approximate surface area is 127 Å². The molecule has 0 spiro atoms. The molecule has 0 atom stereocenters. The van der Waals surface area contributed by atoms with Crippen molar-refractivity contribution in [1.82, 2.24) is 9.38 Å². The molecule has 1 aliphatic rings. The second kappa shape index (κ2) is 4.23. The Morgan fingerprint density at radius 3 is 2.82 bits per heavy atom. The van der Waals surface area contributed by atoms with Crippen LogP contribution in [0.4, 0.5) is 0 Å². The molecule has 0 amide bonds. The Balaban J connectivity index is 2.00. The number of benzene rings is 1. The second-order valence-corrected chi connectivity index (χ2v) is 6.19. The fourth-order valence-corrected chi connectivity index (χ4v) is 3.85. The number of hydrogen-bond acceptors (Lipinski definition) is 1. The first-order chi connectivity index (χ1) is 10.8. The average Bonchev–Trinajstić information content (AvgIpc) is 2.94. The van der Waals surface area contributed by atoms with Crippen molar-refractivity contribution in [3.63, 3.8) is 0 Å². The van der Waals surface area contributed by atoms with Crippen LogP contribution >= 0.6 is 0 Å². The summed E-state index contributed by atoms with van der Waals surface area (Å²) in [5, 5.41) is 2.40. The maximum atomic E-state index is 12.8. The minimum absolute atomic E-state index is 0.160. The Hall–Kier alpha value is -2.55. The van der Waals surface area contributed by atoms with E-state index in [2.05, 4.69) is 35.3 Å². The molecule has 108 valence electrons. The van der Waals surface area contributed by atoms with Crippen molar-refractivity contribution < 1.29 is 0 Å². The van der Waals surface area contributed by atoms with Crippen LogP contribution in [0.25, 0.3) is 27.3 Å². The zero-order chi connectivity index (χ0) is 14.7. The zero-order valence-corrected chi connectivity index (χ0v) is 12.2. The predicted molar refractivity (Wildman–Crippen MR) is 89.7 cm³/mol. The summed E-state index contributed by atoms with van der Waals surface area (Å²) in [4.78, 5) is 16.3. The van der Waals surface area contributed by atoms with E-state index in [1.54, 1.807) is 0 Å². The van der Waals surface area contributed by atoms with Gasteiger partial charge in [0.1, 0.15) is 0 Å². The van der Waals surface area contributed by atoms with Crippen molar-refractivity contribution in [2.45, 2.75) is 25.7 Å². The molecule has 1 aliphatic carbocycles. The highest BCUT2D eigenvalue weighted by atomic mass is 16.1. The summed E-state index contributed by atoms with van der Waals surface area (Å²) >= 11 is 0. The highest BCUT2D eigenvalue weighted by Crippen LogP contribution is 2.29. The van der Waals surface area contributed by atoms with Crippen LogP contribution in [0.5, 0.6) is 0 Å². The van der Waals surface area contributed by atoms with Crippen molar-refractivity contribution in [2.75, 3.05) is 0 Å². The summed E-state index contributed by atoms with van der Waals surface area (Å²) in [6, 6.07) is 12.6. The van der Waals surface area contributed by atoms with Crippen LogP contribution < -0.4 is 5.56 Å². The van der Waals surface area contributed by atoms with Gasteiger partial charge in [0, 0.05) is 28.0 Å². The molecule has 1 aromatic carbocycles. The summed E-state index contributed by atoms with van der Waals surface area (Å²) in [5.41, 5.74) is 5.60. The van der Waals surface area contributed by atoms with E-state index in [0.29, 0.717) is 0 Å². The van der Waals surface area contributed by atoms with E-state index in [0.717, 1.165) is 41.4 Å². The first kappa shape index (κ1) is 12.0. The van der Waals surface area contributed by atoms with E-state index < -0.39 is 0 Å². The molecule has 0 bridgehead atoms.